The van der Waals surface area contributed by atoms with Crippen molar-refractivity contribution in [3.63, 3.8) is 0 Å². The number of H-pyrrole nitrogens is 1. The maximum atomic E-state index is 13.4. The van der Waals surface area contributed by atoms with Crippen molar-refractivity contribution in [1.29, 1.82) is 0 Å². The van der Waals surface area contributed by atoms with Crippen molar-refractivity contribution in [2.24, 2.45) is 5.14 Å². The van der Waals surface area contributed by atoms with E-state index in [1.165, 1.54) is 24.3 Å². The highest BCUT2D eigenvalue weighted by molar-refractivity contribution is 7.89. The van der Waals surface area contributed by atoms with Crippen LogP contribution in [0, 0.1) is 5.82 Å². The number of carbonyl (C=O) groups is 1. The highest BCUT2D eigenvalue weighted by Gasteiger charge is 2.10. The van der Waals surface area contributed by atoms with Crippen molar-refractivity contribution in [1.82, 2.24) is 10.3 Å². The van der Waals surface area contributed by atoms with E-state index in [0.29, 0.717) is 18.4 Å². The maximum absolute atomic E-state index is 13.4. The van der Waals surface area contributed by atoms with Crippen molar-refractivity contribution < 1.29 is 17.6 Å². The average Bonchev–Trinajstić information content (AvgIpc) is 2.96. The van der Waals surface area contributed by atoms with Crippen LogP contribution in [-0.4, -0.2) is 25.9 Å². The fourth-order valence-electron chi connectivity index (χ4n) is 2.72. The van der Waals surface area contributed by atoms with E-state index in [-0.39, 0.29) is 23.0 Å². The Labute approximate surface area is 150 Å². The van der Waals surface area contributed by atoms with E-state index < -0.39 is 10.0 Å². The summed E-state index contributed by atoms with van der Waals surface area (Å²) >= 11 is 0. The van der Waals surface area contributed by atoms with Crippen LogP contribution in [0.5, 0.6) is 0 Å². The van der Waals surface area contributed by atoms with Gasteiger partial charge >= 0.3 is 0 Å². The predicted molar refractivity (Wildman–Crippen MR) is 96.5 cm³/mol. The summed E-state index contributed by atoms with van der Waals surface area (Å²) in [5.41, 5.74) is 2.39. The lowest BCUT2D eigenvalue weighted by atomic mass is 10.1. The van der Waals surface area contributed by atoms with Crippen LogP contribution in [0.3, 0.4) is 0 Å². The van der Waals surface area contributed by atoms with Gasteiger partial charge < -0.3 is 10.3 Å². The zero-order valence-corrected chi connectivity index (χ0v) is 14.6. The molecule has 3 rings (SSSR count). The number of carbonyl (C=O) groups excluding carboxylic acids is 1. The lowest BCUT2D eigenvalue weighted by Gasteiger charge is -2.06. The number of amides is 1. The third-order valence-corrected chi connectivity index (χ3v) is 5.00. The van der Waals surface area contributed by atoms with E-state index in [1.54, 1.807) is 24.4 Å². The molecule has 1 aromatic heterocycles. The predicted octanol–water partition coefficient (Wildman–Crippen LogP) is 1.86. The summed E-state index contributed by atoms with van der Waals surface area (Å²) in [5.74, 6) is -0.516. The largest absolute Gasteiger partial charge is 0.361 e. The van der Waals surface area contributed by atoms with Crippen LogP contribution in [0.2, 0.25) is 0 Å². The smallest absolute Gasteiger partial charge is 0.238 e. The molecule has 0 aliphatic heterocycles. The summed E-state index contributed by atoms with van der Waals surface area (Å²) in [4.78, 5) is 15.2. The highest BCUT2D eigenvalue weighted by Crippen LogP contribution is 2.19. The van der Waals surface area contributed by atoms with Gasteiger partial charge in [-0.1, -0.05) is 12.1 Å². The maximum Gasteiger partial charge on any atom is 0.238 e. The van der Waals surface area contributed by atoms with Crippen LogP contribution in [0.4, 0.5) is 4.39 Å². The Morgan fingerprint density at radius 2 is 1.88 bits per heavy atom. The number of rotatable bonds is 6. The molecular weight excluding hydrogens is 357 g/mol. The number of halogens is 1. The van der Waals surface area contributed by atoms with Crippen LogP contribution in [0.15, 0.2) is 53.6 Å². The number of sulfonamides is 1. The Hall–Kier alpha value is -2.71. The van der Waals surface area contributed by atoms with Gasteiger partial charge in [0, 0.05) is 23.6 Å². The second kappa shape index (κ2) is 7.27. The van der Waals surface area contributed by atoms with Gasteiger partial charge in [-0.3, -0.25) is 4.79 Å². The molecule has 8 heteroatoms. The number of benzene rings is 2. The number of aromatic amines is 1. The number of fused-ring (bicyclic) bond motifs is 1. The first-order chi connectivity index (χ1) is 12.3. The van der Waals surface area contributed by atoms with E-state index in [9.17, 15) is 17.6 Å². The van der Waals surface area contributed by atoms with Crippen molar-refractivity contribution in [3.8, 4) is 0 Å². The molecule has 0 atom stereocenters. The third kappa shape index (κ3) is 4.27. The first-order valence-electron chi connectivity index (χ1n) is 7.97. The van der Waals surface area contributed by atoms with E-state index in [1.807, 2.05) is 0 Å². The summed E-state index contributed by atoms with van der Waals surface area (Å²) in [6.07, 6.45) is 2.41. The minimum Gasteiger partial charge on any atom is -0.361 e. The number of hydrogen-bond donors (Lipinski definition) is 3. The molecule has 0 saturated carbocycles. The van der Waals surface area contributed by atoms with Crippen molar-refractivity contribution >= 4 is 26.8 Å². The molecule has 26 heavy (non-hydrogen) atoms. The van der Waals surface area contributed by atoms with Crippen molar-refractivity contribution in [2.75, 3.05) is 6.54 Å². The molecule has 2 aromatic carbocycles. The van der Waals surface area contributed by atoms with Gasteiger partial charge in [-0.15, -0.1) is 0 Å². The molecule has 0 fully saturated rings. The molecule has 1 heterocycles. The van der Waals surface area contributed by atoms with Crippen LogP contribution in [0.25, 0.3) is 10.9 Å². The summed E-state index contributed by atoms with van der Waals surface area (Å²) in [6.45, 7) is 0.407. The van der Waals surface area contributed by atoms with Gasteiger partial charge in [-0.05, 0) is 47.9 Å². The topological polar surface area (TPSA) is 105 Å². The quantitative estimate of drug-likeness (QED) is 0.612. The molecular formula is C18H18FN3O3S. The number of hydrogen-bond acceptors (Lipinski definition) is 3. The Balaban J connectivity index is 1.55. The zero-order valence-electron chi connectivity index (χ0n) is 13.8. The molecule has 0 bridgehead atoms. The monoisotopic (exact) mass is 375 g/mol. The number of aromatic nitrogens is 1. The van der Waals surface area contributed by atoms with Crippen molar-refractivity contribution in [3.05, 3.63) is 65.6 Å². The average molecular weight is 375 g/mol. The van der Waals surface area contributed by atoms with E-state index in [4.69, 9.17) is 5.14 Å². The number of primary sulfonamides is 1. The molecule has 1 amide bonds. The van der Waals surface area contributed by atoms with E-state index in [2.05, 4.69) is 10.3 Å². The normalized spacial score (nSPS) is 11.6. The molecule has 0 aliphatic rings. The SMILES string of the molecule is NS(=O)(=O)c1ccc(CCNC(=O)Cc2c[nH]c3ccc(F)cc23)cc1. The lowest BCUT2D eigenvalue weighted by molar-refractivity contribution is -0.120. The molecule has 0 aliphatic carbocycles. The van der Waals surface area contributed by atoms with Gasteiger partial charge in [-0.2, -0.15) is 0 Å². The Bertz CT molecular complexity index is 1040. The Kier molecular flexibility index (Phi) is 5.06. The fraction of sp³-hybridized carbons (Fsp3) is 0.167. The molecule has 4 N–H and O–H groups in total. The van der Waals surface area contributed by atoms with Gasteiger partial charge in [-0.25, -0.2) is 17.9 Å². The van der Waals surface area contributed by atoms with Gasteiger partial charge in [0.2, 0.25) is 15.9 Å². The molecule has 136 valence electrons. The molecule has 3 aromatic rings. The highest BCUT2D eigenvalue weighted by atomic mass is 32.2. The second-order valence-corrected chi connectivity index (χ2v) is 7.53. The van der Waals surface area contributed by atoms with Gasteiger partial charge in [0.05, 0.1) is 11.3 Å². The van der Waals surface area contributed by atoms with Gasteiger partial charge in [0.1, 0.15) is 5.82 Å². The fourth-order valence-corrected chi connectivity index (χ4v) is 3.24. The van der Waals surface area contributed by atoms with Crippen LogP contribution in [-0.2, 0) is 27.7 Å². The zero-order chi connectivity index (χ0) is 18.7. The summed E-state index contributed by atoms with van der Waals surface area (Å²) < 4.78 is 35.8. The van der Waals surface area contributed by atoms with Gasteiger partial charge in [0.15, 0.2) is 0 Å². The molecule has 0 radical (unpaired) electrons. The Morgan fingerprint density at radius 1 is 1.15 bits per heavy atom. The van der Waals surface area contributed by atoms with Crippen LogP contribution in [0.1, 0.15) is 11.1 Å². The molecule has 6 nitrogen and oxygen atoms in total. The van der Waals surface area contributed by atoms with Crippen LogP contribution < -0.4 is 10.5 Å². The standard InChI is InChI=1S/C18H18FN3O3S/c19-14-3-6-17-16(10-14)13(11-22-17)9-18(23)21-8-7-12-1-4-15(5-2-12)26(20,24)25/h1-6,10-11,22H,7-9H2,(H,21,23)(H2,20,24,25). The van der Waals surface area contributed by atoms with E-state index >= 15 is 0 Å². The number of nitrogens with two attached hydrogens (primary N) is 1. The van der Waals surface area contributed by atoms with Gasteiger partial charge in [0.25, 0.3) is 0 Å². The minimum atomic E-state index is -3.70. The van der Waals surface area contributed by atoms with E-state index in [0.717, 1.165) is 16.6 Å². The summed E-state index contributed by atoms with van der Waals surface area (Å²) in [5, 5.41) is 8.55. The first kappa shape index (κ1) is 18.1. The molecule has 0 spiro atoms. The van der Waals surface area contributed by atoms with Crippen LogP contribution >= 0.6 is 0 Å². The number of nitrogens with one attached hydrogen (secondary N) is 2. The second-order valence-electron chi connectivity index (χ2n) is 5.97. The summed E-state index contributed by atoms with van der Waals surface area (Å²) in [7, 11) is -3.70. The Morgan fingerprint density at radius 3 is 2.58 bits per heavy atom. The lowest BCUT2D eigenvalue weighted by Crippen LogP contribution is -2.27. The summed E-state index contributed by atoms with van der Waals surface area (Å²) in [6, 6.07) is 10.6. The minimum absolute atomic E-state index is 0.0526. The molecule has 0 unspecified atom stereocenters. The molecule has 0 saturated heterocycles. The first-order valence-corrected chi connectivity index (χ1v) is 9.51. The third-order valence-electron chi connectivity index (χ3n) is 4.07. The van der Waals surface area contributed by atoms with Crippen molar-refractivity contribution in [2.45, 2.75) is 17.7 Å².